The number of nitrogens with two attached hydrogens (primary N) is 1. The van der Waals surface area contributed by atoms with Crippen molar-refractivity contribution in [2.45, 2.75) is 18.7 Å². The van der Waals surface area contributed by atoms with Gasteiger partial charge in [0.2, 0.25) is 10.0 Å². The Kier molecular flexibility index (Phi) is 6.25. The number of primary sulfonamides is 1. The van der Waals surface area contributed by atoms with Crippen molar-refractivity contribution in [3.05, 3.63) is 28.8 Å². The van der Waals surface area contributed by atoms with E-state index in [0.29, 0.717) is 11.1 Å². The summed E-state index contributed by atoms with van der Waals surface area (Å²) in [4.78, 5) is 24.3. The van der Waals surface area contributed by atoms with E-state index in [1.807, 2.05) is 0 Å². The molecule has 8 nitrogen and oxygen atoms in total. The molecule has 0 aliphatic heterocycles. The van der Waals surface area contributed by atoms with Crippen molar-refractivity contribution in [2.75, 3.05) is 26.8 Å². The number of aliphatic carboxylic acids is 1. The molecule has 0 aliphatic carbocycles. The molecule has 1 rings (SSSR count). The lowest BCUT2D eigenvalue weighted by Crippen LogP contribution is -2.38. The van der Waals surface area contributed by atoms with Crippen molar-refractivity contribution in [1.29, 1.82) is 0 Å². The van der Waals surface area contributed by atoms with Crippen molar-refractivity contribution < 1.29 is 27.9 Å². The maximum atomic E-state index is 12.5. The summed E-state index contributed by atoms with van der Waals surface area (Å²) in [7, 11) is -2.56. The van der Waals surface area contributed by atoms with Gasteiger partial charge in [-0.1, -0.05) is 0 Å². The summed E-state index contributed by atoms with van der Waals surface area (Å²) in [6.07, 6.45) is 0. The molecule has 0 spiro atoms. The average molecular weight is 344 g/mol. The number of amides is 1. The molecule has 1 aromatic rings. The Hall–Kier alpha value is -1.97. The molecule has 0 aromatic heterocycles. The monoisotopic (exact) mass is 344 g/mol. The minimum atomic E-state index is -3.99. The van der Waals surface area contributed by atoms with Crippen LogP contribution in [0.4, 0.5) is 0 Å². The van der Waals surface area contributed by atoms with Crippen LogP contribution < -0.4 is 5.14 Å². The number of carboxylic acid groups (broad SMARTS) is 1. The average Bonchev–Trinajstić information content (AvgIpc) is 2.43. The van der Waals surface area contributed by atoms with Crippen LogP contribution in [-0.4, -0.2) is 57.1 Å². The van der Waals surface area contributed by atoms with Gasteiger partial charge in [-0.05, 0) is 37.1 Å². The van der Waals surface area contributed by atoms with Gasteiger partial charge in [-0.25, -0.2) is 13.6 Å². The van der Waals surface area contributed by atoms with Gasteiger partial charge in [-0.3, -0.25) is 9.59 Å². The fourth-order valence-electron chi connectivity index (χ4n) is 2.05. The summed E-state index contributed by atoms with van der Waals surface area (Å²) in [5.74, 6) is -1.78. The largest absolute Gasteiger partial charge is 0.480 e. The van der Waals surface area contributed by atoms with Gasteiger partial charge >= 0.3 is 5.97 Å². The third-order valence-electron chi connectivity index (χ3n) is 3.35. The number of hydrogen-bond acceptors (Lipinski definition) is 5. The Bertz CT molecular complexity index is 714. The molecule has 1 aromatic carbocycles. The number of carbonyl (C=O) groups excluding carboxylic acids is 1. The molecular formula is C14H20N2O6S. The Morgan fingerprint density at radius 2 is 1.91 bits per heavy atom. The number of hydrogen-bond donors (Lipinski definition) is 2. The number of benzene rings is 1. The van der Waals surface area contributed by atoms with E-state index in [1.165, 1.54) is 19.2 Å². The van der Waals surface area contributed by atoms with Crippen LogP contribution >= 0.6 is 0 Å². The number of aryl methyl sites for hydroxylation is 1. The molecule has 0 radical (unpaired) electrons. The van der Waals surface area contributed by atoms with E-state index in [1.54, 1.807) is 13.8 Å². The van der Waals surface area contributed by atoms with Gasteiger partial charge in [0.15, 0.2) is 0 Å². The van der Waals surface area contributed by atoms with Crippen LogP contribution in [0.1, 0.15) is 21.5 Å². The van der Waals surface area contributed by atoms with Crippen molar-refractivity contribution in [3.8, 4) is 0 Å². The van der Waals surface area contributed by atoms with Gasteiger partial charge in [-0.15, -0.1) is 0 Å². The van der Waals surface area contributed by atoms with Gasteiger partial charge in [0.05, 0.1) is 11.5 Å². The van der Waals surface area contributed by atoms with Gasteiger partial charge in [0.25, 0.3) is 5.91 Å². The van der Waals surface area contributed by atoms with Crippen LogP contribution in [-0.2, 0) is 19.6 Å². The quantitative estimate of drug-likeness (QED) is 0.723. The summed E-state index contributed by atoms with van der Waals surface area (Å²) in [6, 6.07) is 2.68. The Labute approximate surface area is 134 Å². The maximum absolute atomic E-state index is 12.5. The van der Waals surface area contributed by atoms with Crippen molar-refractivity contribution in [3.63, 3.8) is 0 Å². The number of carbonyl (C=O) groups is 2. The second kappa shape index (κ2) is 7.53. The highest BCUT2D eigenvalue weighted by Gasteiger charge is 2.22. The first-order valence-electron chi connectivity index (χ1n) is 6.72. The zero-order valence-electron chi connectivity index (χ0n) is 13.2. The van der Waals surface area contributed by atoms with Crippen LogP contribution in [0.5, 0.6) is 0 Å². The SMILES string of the molecule is COCCN(CC(=O)O)C(=O)c1cc(C)c(C)c(S(N)(=O)=O)c1. The maximum Gasteiger partial charge on any atom is 0.323 e. The number of ether oxygens (including phenoxy) is 1. The lowest BCUT2D eigenvalue weighted by Gasteiger charge is -2.21. The fraction of sp³-hybridized carbons (Fsp3) is 0.429. The van der Waals surface area contributed by atoms with E-state index < -0.39 is 28.4 Å². The van der Waals surface area contributed by atoms with Gasteiger partial charge in [0, 0.05) is 19.2 Å². The van der Waals surface area contributed by atoms with E-state index in [-0.39, 0.29) is 23.6 Å². The Morgan fingerprint density at radius 1 is 1.30 bits per heavy atom. The number of nitrogens with zero attached hydrogens (tertiary/aromatic N) is 1. The minimum absolute atomic E-state index is 0.0643. The molecule has 0 unspecified atom stereocenters. The Balaban J connectivity index is 3.29. The third-order valence-corrected chi connectivity index (χ3v) is 4.39. The zero-order chi connectivity index (χ0) is 17.8. The number of carboxylic acids is 1. The predicted octanol–water partition coefficient (Wildman–Crippen LogP) is 0.124. The lowest BCUT2D eigenvalue weighted by atomic mass is 10.1. The van der Waals surface area contributed by atoms with Crippen LogP contribution in [0.2, 0.25) is 0 Å². The summed E-state index contributed by atoms with van der Waals surface area (Å²) in [5, 5.41) is 14.1. The molecule has 0 saturated carbocycles. The van der Waals surface area contributed by atoms with Gasteiger partial charge < -0.3 is 14.7 Å². The van der Waals surface area contributed by atoms with Gasteiger partial charge in [0.1, 0.15) is 6.54 Å². The molecule has 0 heterocycles. The van der Waals surface area contributed by atoms with Crippen molar-refractivity contribution >= 4 is 21.9 Å². The molecule has 0 saturated heterocycles. The molecule has 0 atom stereocenters. The van der Waals surface area contributed by atoms with E-state index >= 15 is 0 Å². The molecule has 1 amide bonds. The summed E-state index contributed by atoms with van der Waals surface area (Å²) >= 11 is 0. The molecule has 9 heteroatoms. The first-order chi connectivity index (χ1) is 10.6. The fourth-order valence-corrected chi connectivity index (χ4v) is 2.92. The summed E-state index contributed by atoms with van der Waals surface area (Å²) in [5.41, 5.74) is 1.09. The van der Waals surface area contributed by atoms with E-state index in [2.05, 4.69) is 0 Å². The summed E-state index contributed by atoms with van der Waals surface area (Å²) in [6.45, 7) is 2.95. The van der Waals surface area contributed by atoms with Crippen molar-refractivity contribution in [2.24, 2.45) is 5.14 Å². The number of rotatable bonds is 7. The molecule has 0 bridgehead atoms. The normalized spacial score (nSPS) is 11.3. The highest BCUT2D eigenvalue weighted by molar-refractivity contribution is 7.89. The van der Waals surface area contributed by atoms with Gasteiger partial charge in [-0.2, -0.15) is 0 Å². The molecule has 0 aliphatic rings. The minimum Gasteiger partial charge on any atom is -0.480 e. The second-order valence-electron chi connectivity index (χ2n) is 5.07. The van der Waals surface area contributed by atoms with Crippen LogP contribution in [0.15, 0.2) is 17.0 Å². The van der Waals surface area contributed by atoms with Crippen LogP contribution in [0.3, 0.4) is 0 Å². The van der Waals surface area contributed by atoms with Crippen LogP contribution in [0, 0.1) is 13.8 Å². The molecule has 0 fully saturated rings. The van der Waals surface area contributed by atoms with Crippen molar-refractivity contribution in [1.82, 2.24) is 4.90 Å². The zero-order valence-corrected chi connectivity index (χ0v) is 14.0. The standard InChI is InChI=1S/C14H20N2O6S/c1-9-6-11(7-12(10(9)2)23(15,20)21)14(19)16(4-5-22-3)8-13(17)18/h6-7H,4-5,8H2,1-3H3,(H,17,18)(H2,15,20,21). The first-order valence-corrected chi connectivity index (χ1v) is 8.26. The highest BCUT2D eigenvalue weighted by Crippen LogP contribution is 2.21. The van der Waals surface area contributed by atoms with E-state index in [0.717, 1.165) is 4.90 Å². The van der Waals surface area contributed by atoms with Crippen LogP contribution in [0.25, 0.3) is 0 Å². The molecule has 128 valence electrons. The second-order valence-corrected chi connectivity index (χ2v) is 6.60. The third kappa shape index (κ3) is 5.02. The predicted molar refractivity (Wildman–Crippen MR) is 82.7 cm³/mol. The number of methoxy groups -OCH3 is 1. The first kappa shape index (κ1) is 19.1. The van der Waals surface area contributed by atoms with E-state index in [4.69, 9.17) is 15.0 Å². The number of sulfonamides is 1. The lowest BCUT2D eigenvalue weighted by molar-refractivity contribution is -0.137. The highest BCUT2D eigenvalue weighted by atomic mass is 32.2. The Morgan fingerprint density at radius 3 is 2.39 bits per heavy atom. The smallest absolute Gasteiger partial charge is 0.323 e. The summed E-state index contributed by atoms with van der Waals surface area (Å²) < 4.78 is 28.1. The molecular weight excluding hydrogens is 324 g/mol. The molecule has 23 heavy (non-hydrogen) atoms. The van der Waals surface area contributed by atoms with E-state index in [9.17, 15) is 18.0 Å². The molecule has 3 N–H and O–H groups in total. The topological polar surface area (TPSA) is 127 Å².